The fraction of sp³-hybridized carbons (Fsp3) is 0.909. The van der Waals surface area contributed by atoms with Gasteiger partial charge in [-0.15, -0.1) is 10.2 Å². The fourth-order valence-corrected chi connectivity index (χ4v) is 2.75. The maximum absolute atomic E-state index is 4.57. The van der Waals surface area contributed by atoms with Crippen LogP contribution < -0.4 is 5.32 Å². The molecule has 1 aliphatic heterocycles. The molecule has 88 valence electrons. The molecule has 1 aliphatic carbocycles. The Labute approximate surface area is 95.6 Å². The highest BCUT2D eigenvalue weighted by atomic mass is 15.6. The average Bonchev–Trinajstić information content (AvgIpc) is 3.01. The van der Waals surface area contributed by atoms with Gasteiger partial charge < -0.3 is 5.32 Å². The molecule has 0 bridgehead atoms. The van der Waals surface area contributed by atoms with Crippen LogP contribution in [0.1, 0.15) is 56.3 Å². The summed E-state index contributed by atoms with van der Waals surface area (Å²) in [5, 5.41) is 16.3. The highest BCUT2D eigenvalue weighted by molar-refractivity contribution is 4.93. The molecule has 1 aromatic heterocycles. The molecule has 2 fully saturated rings. The predicted molar refractivity (Wildman–Crippen MR) is 60.2 cm³/mol. The molecule has 1 saturated heterocycles. The molecular formula is C11H19N5. The Morgan fingerprint density at radius 1 is 1.12 bits per heavy atom. The van der Waals surface area contributed by atoms with Crippen LogP contribution in [0.15, 0.2) is 0 Å². The minimum absolute atomic E-state index is 0.421. The van der Waals surface area contributed by atoms with Crippen molar-refractivity contribution in [3.8, 4) is 0 Å². The molecule has 1 unspecified atom stereocenters. The van der Waals surface area contributed by atoms with E-state index in [1.54, 1.807) is 0 Å². The third-order valence-corrected chi connectivity index (χ3v) is 3.77. The zero-order valence-electron chi connectivity index (χ0n) is 9.60. The number of nitrogens with one attached hydrogen (secondary N) is 1. The molecule has 1 aromatic rings. The molecule has 0 aromatic carbocycles. The van der Waals surface area contributed by atoms with Gasteiger partial charge in [0.15, 0.2) is 5.82 Å². The Morgan fingerprint density at radius 2 is 2.00 bits per heavy atom. The summed E-state index contributed by atoms with van der Waals surface area (Å²) in [4.78, 5) is 1.82. The standard InChI is InChI=1S/C11H19N5/c1-2-4-9(5-3-1)11-13-15-16(14-11)10-6-7-12-8-10/h9-10,12H,1-8H2. The third-order valence-electron chi connectivity index (χ3n) is 3.77. The van der Waals surface area contributed by atoms with Crippen LogP contribution in [0.3, 0.4) is 0 Å². The van der Waals surface area contributed by atoms with Crippen LogP contribution in [-0.4, -0.2) is 33.3 Å². The lowest BCUT2D eigenvalue weighted by molar-refractivity contribution is 0.407. The Kier molecular flexibility index (Phi) is 2.86. The van der Waals surface area contributed by atoms with E-state index >= 15 is 0 Å². The highest BCUT2D eigenvalue weighted by Crippen LogP contribution is 2.30. The zero-order valence-corrected chi connectivity index (χ0v) is 9.60. The van der Waals surface area contributed by atoms with Crippen molar-refractivity contribution in [2.75, 3.05) is 13.1 Å². The highest BCUT2D eigenvalue weighted by Gasteiger charge is 2.23. The number of rotatable bonds is 2. The fourth-order valence-electron chi connectivity index (χ4n) is 2.75. The van der Waals surface area contributed by atoms with Gasteiger partial charge in [0.2, 0.25) is 0 Å². The smallest absolute Gasteiger partial charge is 0.177 e. The second-order valence-electron chi connectivity index (χ2n) is 4.95. The molecular weight excluding hydrogens is 202 g/mol. The van der Waals surface area contributed by atoms with E-state index in [1.165, 1.54) is 32.1 Å². The normalized spacial score (nSPS) is 27.4. The van der Waals surface area contributed by atoms with Crippen LogP contribution in [0.5, 0.6) is 0 Å². The van der Waals surface area contributed by atoms with Gasteiger partial charge in [-0.05, 0) is 31.0 Å². The predicted octanol–water partition coefficient (Wildman–Crippen LogP) is 1.26. The van der Waals surface area contributed by atoms with E-state index in [-0.39, 0.29) is 0 Å². The van der Waals surface area contributed by atoms with Crippen molar-refractivity contribution < 1.29 is 0 Å². The molecule has 0 spiro atoms. The van der Waals surface area contributed by atoms with Crippen molar-refractivity contribution >= 4 is 0 Å². The number of nitrogens with zero attached hydrogens (tertiary/aromatic N) is 4. The summed E-state index contributed by atoms with van der Waals surface area (Å²) in [5.74, 6) is 1.54. The van der Waals surface area contributed by atoms with E-state index in [1.807, 2.05) is 4.80 Å². The summed E-state index contributed by atoms with van der Waals surface area (Å²) in [6.07, 6.45) is 7.63. The Balaban J connectivity index is 1.71. The van der Waals surface area contributed by atoms with Crippen molar-refractivity contribution in [1.82, 2.24) is 25.5 Å². The third kappa shape index (κ3) is 1.96. The Hall–Kier alpha value is -0.970. The summed E-state index contributed by atoms with van der Waals surface area (Å²) >= 11 is 0. The van der Waals surface area contributed by atoms with Gasteiger partial charge in [-0.1, -0.05) is 19.3 Å². The van der Waals surface area contributed by atoms with Crippen LogP contribution in [0.25, 0.3) is 0 Å². The van der Waals surface area contributed by atoms with Gasteiger partial charge in [0.25, 0.3) is 0 Å². The van der Waals surface area contributed by atoms with Gasteiger partial charge in [-0.3, -0.25) is 0 Å². The second-order valence-corrected chi connectivity index (χ2v) is 4.95. The number of tetrazole rings is 1. The van der Waals surface area contributed by atoms with Gasteiger partial charge in [0.05, 0.1) is 6.04 Å². The van der Waals surface area contributed by atoms with Gasteiger partial charge >= 0.3 is 0 Å². The average molecular weight is 221 g/mol. The van der Waals surface area contributed by atoms with E-state index < -0.39 is 0 Å². The lowest BCUT2D eigenvalue weighted by atomic mass is 9.89. The first kappa shape index (κ1) is 10.2. The van der Waals surface area contributed by atoms with Crippen molar-refractivity contribution in [3.63, 3.8) is 0 Å². The van der Waals surface area contributed by atoms with Crippen LogP contribution in [0, 0.1) is 0 Å². The number of hydrogen-bond donors (Lipinski definition) is 1. The summed E-state index contributed by atoms with van der Waals surface area (Å²) in [6, 6.07) is 0.421. The molecule has 1 saturated carbocycles. The topological polar surface area (TPSA) is 55.6 Å². The molecule has 0 amide bonds. The van der Waals surface area contributed by atoms with Crippen molar-refractivity contribution in [2.24, 2.45) is 0 Å². The van der Waals surface area contributed by atoms with E-state index in [4.69, 9.17) is 0 Å². The van der Waals surface area contributed by atoms with Gasteiger partial charge in [0, 0.05) is 12.5 Å². The van der Waals surface area contributed by atoms with Crippen LogP contribution in [0.2, 0.25) is 0 Å². The number of aromatic nitrogens is 4. The maximum atomic E-state index is 4.57. The van der Waals surface area contributed by atoms with Crippen molar-refractivity contribution in [1.29, 1.82) is 0 Å². The maximum Gasteiger partial charge on any atom is 0.177 e. The summed E-state index contributed by atoms with van der Waals surface area (Å²) < 4.78 is 0. The summed E-state index contributed by atoms with van der Waals surface area (Å²) in [7, 11) is 0. The van der Waals surface area contributed by atoms with E-state index in [0.717, 1.165) is 25.3 Å². The molecule has 3 rings (SSSR count). The molecule has 1 atom stereocenters. The Bertz CT molecular complexity index is 336. The monoisotopic (exact) mass is 221 g/mol. The molecule has 5 nitrogen and oxygen atoms in total. The minimum Gasteiger partial charge on any atom is -0.314 e. The minimum atomic E-state index is 0.421. The lowest BCUT2D eigenvalue weighted by Gasteiger charge is -2.17. The second kappa shape index (κ2) is 4.49. The number of hydrogen-bond acceptors (Lipinski definition) is 4. The first-order chi connectivity index (χ1) is 7.93. The van der Waals surface area contributed by atoms with Crippen LogP contribution in [-0.2, 0) is 0 Å². The first-order valence-corrected chi connectivity index (χ1v) is 6.43. The molecule has 1 N–H and O–H groups in total. The molecule has 16 heavy (non-hydrogen) atoms. The van der Waals surface area contributed by atoms with Crippen LogP contribution in [0.4, 0.5) is 0 Å². The first-order valence-electron chi connectivity index (χ1n) is 6.43. The van der Waals surface area contributed by atoms with Gasteiger partial charge in [0.1, 0.15) is 0 Å². The van der Waals surface area contributed by atoms with Crippen molar-refractivity contribution in [3.05, 3.63) is 5.82 Å². The van der Waals surface area contributed by atoms with Gasteiger partial charge in [-0.2, -0.15) is 4.80 Å². The summed E-state index contributed by atoms with van der Waals surface area (Å²) in [5.41, 5.74) is 0. The molecule has 2 heterocycles. The quantitative estimate of drug-likeness (QED) is 0.816. The van der Waals surface area contributed by atoms with E-state index in [2.05, 4.69) is 20.7 Å². The van der Waals surface area contributed by atoms with E-state index in [0.29, 0.717) is 12.0 Å². The van der Waals surface area contributed by atoms with Crippen molar-refractivity contribution in [2.45, 2.75) is 50.5 Å². The Morgan fingerprint density at radius 3 is 2.75 bits per heavy atom. The molecule has 5 heteroatoms. The largest absolute Gasteiger partial charge is 0.314 e. The molecule has 2 aliphatic rings. The summed E-state index contributed by atoms with van der Waals surface area (Å²) in [6.45, 7) is 2.06. The van der Waals surface area contributed by atoms with Gasteiger partial charge in [-0.25, -0.2) is 0 Å². The lowest BCUT2D eigenvalue weighted by Crippen LogP contribution is -2.16. The van der Waals surface area contributed by atoms with Crippen LogP contribution >= 0.6 is 0 Å². The SMILES string of the molecule is C1CCC(c2nnn(C3CCNC3)n2)CC1. The zero-order chi connectivity index (χ0) is 10.8. The van der Waals surface area contributed by atoms with E-state index in [9.17, 15) is 0 Å². The molecule has 0 radical (unpaired) electrons.